The Labute approximate surface area is 119 Å². The Balaban J connectivity index is 2.78. The van der Waals surface area contributed by atoms with Gasteiger partial charge in [0, 0.05) is 10.9 Å². The van der Waals surface area contributed by atoms with E-state index in [1.807, 2.05) is 31.2 Å². The van der Waals surface area contributed by atoms with Crippen LogP contribution < -0.4 is 10.1 Å². The van der Waals surface area contributed by atoms with Gasteiger partial charge in [0.2, 0.25) is 0 Å². The van der Waals surface area contributed by atoms with Crippen LogP contribution in [0.2, 0.25) is 0 Å². The molecule has 19 heavy (non-hydrogen) atoms. The van der Waals surface area contributed by atoms with Crippen molar-refractivity contribution in [2.24, 2.45) is 0 Å². The van der Waals surface area contributed by atoms with E-state index < -0.39 is 10.8 Å². The summed E-state index contributed by atoms with van der Waals surface area (Å²) >= 11 is 0. The fourth-order valence-corrected chi connectivity index (χ4v) is 3.52. The normalized spacial score (nSPS) is 15.8. The fourth-order valence-electron chi connectivity index (χ4n) is 2.06. The summed E-state index contributed by atoms with van der Waals surface area (Å²) in [7, 11) is 0.612. The lowest BCUT2D eigenvalue weighted by Crippen LogP contribution is -2.40. The van der Waals surface area contributed by atoms with Crippen molar-refractivity contribution in [3.63, 3.8) is 0 Å². The molecule has 0 saturated heterocycles. The van der Waals surface area contributed by atoms with E-state index in [1.165, 1.54) is 0 Å². The summed E-state index contributed by atoms with van der Waals surface area (Å²) in [5, 5.41) is 3.56. The third-order valence-electron chi connectivity index (χ3n) is 3.27. The van der Waals surface area contributed by atoms with Crippen LogP contribution in [0, 0.1) is 0 Å². The molecule has 0 radical (unpaired) electrons. The molecule has 0 saturated carbocycles. The molecule has 4 heteroatoms. The highest BCUT2D eigenvalue weighted by molar-refractivity contribution is 7.85. The van der Waals surface area contributed by atoms with Gasteiger partial charge >= 0.3 is 0 Å². The monoisotopic (exact) mass is 283 g/mol. The zero-order valence-electron chi connectivity index (χ0n) is 12.3. The van der Waals surface area contributed by atoms with Crippen molar-refractivity contribution in [2.75, 3.05) is 13.7 Å². The van der Waals surface area contributed by atoms with Gasteiger partial charge in [-0.15, -0.1) is 0 Å². The minimum absolute atomic E-state index is 0.0867. The SMILES string of the molecule is CCCNC(CC)C(C)S(=O)c1cccc(OC)c1. The number of hydrogen-bond donors (Lipinski definition) is 1. The predicted octanol–water partition coefficient (Wildman–Crippen LogP) is 2.97. The Morgan fingerprint density at radius 1 is 1.37 bits per heavy atom. The largest absolute Gasteiger partial charge is 0.497 e. The maximum Gasteiger partial charge on any atom is 0.120 e. The molecule has 0 aliphatic heterocycles. The molecular formula is C15H25NO2S. The van der Waals surface area contributed by atoms with Crippen LogP contribution in [0.1, 0.15) is 33.6 Å². The third-order valence-corrected chi connectivity index (χ3v) is 5.00. The first-order valence-electron chi connectivity index (χ1n) is 6.92. The van der Waals surface area contributed by atoms with Gasteiger partial charge in [0.1, 0.15) is 5.75 Å². The molecule has 108 valence electrons. The second-order valence-electron chi connectivity index (χ2n) is 4.65. The molecule has 3 nitrogen and oxygen atoms in total. The lowest BCUT2D eigenvalue weighted by atomic mass is 10.1. The number of hydrogen-bond acceptors (Lipinski definition) is 3. The van der Waals surface area contributed by atoms with Crippen LogP contribution >= 0.6 is 0 Å². The summed E-state index contributed by atoms with van der Waals surface area (Å²) < 4.78 is 17.8. The molecule has 0 amide bonds. The number of nitrogens with one attached hydrogen (secondary N) is 1. The summed E-state index contributed by atoms with van der Waals surface area (Å²) in [6, 6.07) is 7.81. The van der Waals surface area contributed by atoms with E-state index in [4.69, 9.17) is 4.74 Å². The lowest BCUT2D eigenvalue weighted by molar-refractivity contribution is 0.413. The van der Waals surface area contributed by atoms with Crippen LogP contribution in [0.25, 0.3) is 0 Å². The number of benzene rings is 1. The summed E-state index contributed by atoms with van der Waals surface area (Å²) in [6.07, 6.45) is 2.08. The Morgan fingerprint density at radius 2 is 2.11 bits per heavy atom. The van der Waals surface area contributed by atoms with Gasteiger partial charge in [-0.05, 0) is 44.5 Å². The van der Waals surface area contributed by atoms with Gasteiger partial charge in [-0.25, -0.2) is 0 Å². The molecule has 1 aromatic carbocycles. The molecular weight excluding hydrogens is 258 g/mol. The zero-order valence-corrected chi connectivity index (χ0v) is 13.1. The van der Waals surface area contributed by atoms with E-state index in [9.17, 15) is 4.21 Å². The standard InChI is InChI=1S/C15H25NO2S/c1-5-10-16-15(6-2)12(3)19(17)14-9-7-8-13(11-14)18-4/h7-9,11-12,15-16H,5-6,10H2,1-4H3. The van der Waals surface area contributed by atoms with Crippen LogP contribution in [0.15, 0.2) is 29.2 Å². The highest BCUT2D eigenvalue weighted by Crippen LogP contribution is 2.20. The topological polar surface area (TPSA) is 38.3 Å². The number of rotatable bonds is 8. The van der Waals surface area contributed by atoms with Gasteiger partial charge in [-0.1, -0.05) is 19.9 Å². The van der Waals surface area contributed by atoms with Gasteiger partial charge in [0.25, 0.3) is 0 Å². The Morgan fingerprint density at radius 3 is 2.68 bits per heavy atom. The molecule has 0 spiro atoms. The summed E-state index contributed by atoms with van der Waals surface area (Å²) in [5.74, 6) is 0.757. The Kier molecular flexibility index (Phi) is 7.10. The van der Waals surface area contributed by atoms with Gasteiger partial charge in [-0.2, -0.15) is 0 Å². The molecule has 1 aromatic rings. The van der Waals surface area contributed by atoms with E-state index in [0.717, 1.165) is 30.0 Å². The average Bonchev–Trinajstić information content (AvgIpc) is 2.47. The third kappa shape index (κ3) is 4.62. The molecule has 0 aliphatic carbocycles. The van der Waals surface area contributed by atoms with Crippen molar-refractivity contribution in [1.82, 2.24) is 5.32 Å². The minimum atomic E-state index is -1.02. The quantitative estimate of drug-likeness (QED) is 0.797. The van der Waals surface area contributed by atoms with Gasteiger partial charge < -0.3 is 10.1 Å². The number of methoxy groups -OCH3 is 1. The van der Waals surface area contributed by atoms with Gasteiger partial charge in [0.05, 0.1) is 23.2 Å². The van der Waals surface area contributed by atoms with Gasteiger partial charge in [0.15, 0.2) is 0 Å². The minimum Gasteiger partial charge on any atom is -0.497 e. The Hall–Kier alpha value is -0.870. The maximum atomic E-state index is 12.6. The first-order chi connectivity index (χ1) is 9.13. The molecule has 0 heterocycles. The second-order valence-corrected chi connectivity index (χ2v) is 6.46. The number of ether oxygens (including phenoxy) is 1. The van der Waals surface area contributed by atoms with Crippen LogP contribution in [0.4, 0.5) is 0 Å². The lowest BCUT2D eigenvalue weighted by Gasteiger charge is -2.23. The van der Waals surface area contributed by atoms with E-state index in [1.54, 1.807) is 7.11 Å². The second kappa shape index (κ2) is 8.33. The first kappa shape index (κ1) is 16.2. The molecule has 0 aliphatic rings. The molecule has 0 fully saturated rings. The average molecular weight is 283 g/mol. The summed E-state index contributed by atoms with van der Waals surface area (Å²) in [6.45, 7) is 7.29. The maximum absolute atomic E-state index is 12.6. The van der Waals surface area contributed by atoms with Crippen molar-refractivity contribution in [2.45, 2.75) is 49.8 Å². The fraction of sp³-hybridized carbons (Fsp3) is 0.600. The molecule has 3 atom stereocenters. The highest BCUT2D eigenvalue weighted by Gasteiger charge is 2.22. The van der Waals surface area contributed by atoms with E-state index in [-0.39, 0.29) is 11.3 Å². The van der Waals surface area contributed by atoms with Gasteiger partial charge in [-0.3, -0.25) is 4.21 Å². The molecule has 1 N–H and O–H groups in total. The molecule has 0 aromatic heterocycles. The van der Waals surface area contributed by atoms with Crippen molar-refractivity contribution in [1.29, 1.82) is 0 Å². The van der Waals surface area contributed by atoms with E-state index in [2.05, 4.69) is 19.2 Å². The van der Waals surface area contributed by atoms with E-state index >= 15 is 0 Å². The van der Waals surface area contributed by atoms with Crippen molar-refractivity contribution >= 4 is 10.8 Å². The first-order valence-corrected chi connectivity index (χ1v) is 8.13. The summed E-state index contributed by atoms with van der Waals surface area (Å²) in [4.78, 5) is 0.837. The Bertz CT molecular complexity index is 409. The van der Waals surface area contributed by atoms with Crippen molar-refractivity contribution in [3.8, 4) is 5.75 Å². The highest BCUT2D eigenvalue weighted by atomic mass is 32.2. The van der Waals surface area contributed by atoms with Crippen molar-refractivity contribution in [3.05, 3.63) is 24.3 Å². The molecule has 1 rings (SSSR count). The van der Waals surface area contributed by atoms with Crippen LogP contribution in [-0.4, -0.2) is 29.2 Å². The molecule has 3 unspecified atom stereocenters. The summed E-state index contributed by atoms with van der Waals surface area (Å²) in [5.41, 5.74) is 0. The van der Waals surface area contributed by atoms with Crippen LogP contribution in [0.3, 0.4) is 0 Å². The van der Waals surface area contributed by atoms with Crippen LogP contribution in [-0.2, 0) is 10.8 Å². The van der Waals surface area contributed by atoms with E-state index in [0.29, 0.717) is 0 Å². The molecule has 0 bridgehead atoms. The van der Waals surface area contributed by atoms with Crippen LogP contribution in [0.5, 0.6) is 5.75 Å². The predicted molar refractivity (Wildman–Crippen MR) is 81.2 cm³/mol. The smallest absolute Gasteiger partial charge is 0.120 e. The van der Waals surface area contributed by atoms with Crippen molar-refractivity contribution < 1.29 is 8.95 Å². The zero-order chi connectivity index (χ0) is 14.3.